The van der Waals surface area contributed by atoms with Crippen molar-refractivity contribution in [1.29, 1.82) is 10.5 Å². The van der Waals surface area contributed by atoms with Crippen LogP contribution in [0.3, 0.4) is 0 Å². The highest BCUT2D eigenvalue weighted by Crippen LogP contribution is 2.36. The van der Waals surface area contributed by atoms with Crippen LogP contribution in [0.5, 0.6) is 11.6 Å². The molecule has 2 aromatic carbocycles. The Morgan fingerprint density at radius 2 is 1.64 bits per heavy atom. The molecule has 4 aromatic rings. The first-order chi connectivity index (χ1) is 17.4. The lowest BCUT2D eigenvalue weighted by atomic mass is 9.96. The second-order valence-electron chi connectivity index (χ2n) is 7.56. The van der Waals surface area contributed by atoms with Gasteiger partial charge in [0.15, 0.2) is 0 Å². The molecule has 0 spiro atoms. The van der Waals surface area contributed by atoms with E-state index in [2.05, 4.69) is 16.0 Å². The van der Waals surface area contributed by atoms with Crippen molar-refractivity contribution in [1.82, 2.24) is 9.97 Å². The van der Waals surface area contributed by atoms with Crippen molar-refractivity contribution in [3.8, 4) is 46.3 Å². The van der Waals surface area contributed by atoms with Gasteiger partial charge in [-0.1, -0.05) is 12.1 Å². The number of oxazole rings is 1. The molecule has 9 nitrogen and oxygen atoms in total. The highest BCUT2D eigenvalue weighted by Gasteiger charge is 2.22. The minimum absolute atomic E-state index is 0.0321. The number of hydrogen-bond acceptors (Lipinski definition) is 9. The number of nitrogens with two attached hydrogens (primary N) is 1. The van der Waals surface area contributed by atoms with Crippen LogP contribution in [0.1, 0.15) is 22.6 Å². The van der Waals surface area contributed by atoms with Crippen LogP contribution in [0.2, 0.25) is 0 Å². The maximum Gasteiger partial charge on any atom is 0.234 e. The van der Waals surface area contributed by atoms with Crippen LogP contribution >= 0.6 is 0 Å². The SMILES string of the molecule is Cc1oc(-c2ccc(F)cc2)nc1COc1nc(N)c(C#N)c(-c2ccc(OCCO)cc2)c1C#N. The van der Waals surface area contributed by atoms with Gasteiger partial charge in [-0.15, -0.1) is 0 Å². The van der Waals surface area contributed by atoms with E-state index in [1.807, 2.05) is 6.07 Å². The Morgan fingerprint density at radius 1 is 0.972 bits per heavy atom. The summed E-state index contributed by atoms with van der Waals surface area (Å²) < 4.78 is 30.1. The van der Waals surface area contributed by atoms with Crippen LogP contribution in [0.4, 0.5) is 10.2 Å². The highest BCUT2D eigenvalue weighted by atomic mass is 19.1. The molecule has 0 radical (unpaired) electrons. The van der Waals surface area contributed by atoms with Gasteiger partial charge in [-0.2, -0.15) is 15.5 Å². The van der Waals surface area contributed by atoms with Crippen molar-refractivity contribution in [2.75, 3.05) is 18.9 Å². The molecule has 3 N–H and O–H groups in total. The third-order valence-electron chi connectivity index (χ3n) is 5.25. The normalized spacial score (nSPS) is 10.5. The van der Waals surface area contributed by atoms with E-state index in [0.29, 0.717) is 34.2 Å². The molecule has 2 aromatic heterocycles. The zero-order chi connectivity index (χ0) is 25.7. The standard InChI is InChI=1S/C26H20FN5O4/c1-15-22(31-25(36-15)17-2-6-18(27)7-3-17)14-35-26-21(13-29)23(20(12-28)24(30)32-26)16-4-8-19(9-5-16)34-11-10-33/h2-9,33H,10-11,14H2,1H3,(H2,30,32). The molecule has 10 heteroatoms. The van der Waals surface area contributed by atoms with Crippen molar-refractivity contribution >= 4 is 5.82 Å². The first-order valence-electron chi connectivity index (χ1n) is 10.8. The number of ether oxygens (including phenoxy) is 2. The van der Waals surface area contributed by atoms with Crippen LogP contribution in [0, 0.1) is 35.4 Å². The number of hydrogen-bond donors (Lipinski definition) is 2. The predicted octanol–water partition coefficient (Wildman–Crippen LogP) is 4.13. The number of aliphatic hydroxyl groups excluding tert-OH is 1. The van der Waals surface area contributed by atoms with E-state index in [4.69, 9.17) is 24.7 Å². The van der Waals surface area contributed by atoms with Gasteiger partial charge >= 0.3 is 0 Å². The molecular formula is C26H20FN5O4. The molecule has 0 unspecified atom stereocenters. The summed E-state index contributed by atoms with van der Waals surface area (Å²) in [6, 6.07) is 16.4. The minimum atomic E-state index is -0.373. The molecule has 0 amide bonds. The molecule has 0 aliphatic rings. The quantitative estimate of drug-likeness (QED) is 0.375. The maximum atomic E-state index is 13.2. The average molecular weight is 485 g/mol. The van der Waals surface area contributed by atoms with Crippen LogP contribution in [0.15, 0.2) is 52.9 Å². The van der Waals surface area contributed by atoms with E-state index in [-0.39, 0.29) is 54.0 Å². The predicted molar refractivity (Wildman–Crippen MR) is 127 cm³/mol. The fourth-order valence-electron chi connectivity index (χ4n) is 3.49. The topological polar surface area (TPSA) is 151 Å². The number of aliphatic hydroxyl groups is 1. The Hall–Kier alpha value is -4.93. The van der Waals surface area contributed by atoms with Crippen molar-refractivity contribution in [2.45, 2.75) is 13.5 Å². The van der Waals surface area contributed by atoms with Gasteiger partial charge < -0.3 is 24.7 Å². The number of nitriles is 2. The van der Waals surface area contributed by atoms with Gasteiger partial charge in [-0.3, -0.25) is 0 Å². The van der Waals surface area contributed by atoms with Gasteiger partial charge in [-0.25, -0.2) is 9.37 Å². The summed E-state index contributed by atoms with van der Waals surface area (Å²) >= 11 is 0. The Labute approximate surface area is 205 Å². The van der Waals surface area contributed by atoms with Crippen LogP contribution in [-0.4, -0.2) is 28.3 Å². The molecule has 2 heterocycles. The molecule has 0 aliphatic heterocycles. The number of benzene rings is 2. The lowest BCUT2D eigenvalue weighted by Crippen LogP contribution is -2.07. The Morgan fingerprint density at radius 3 is 2.28 bits per heavy atom. The second kappa shape index (κ2) is 10.6. The van der Waals surface area contributed by atoms with Gasteiger partial charge in [-0.05, 0) is 48.9 Å². The van der Waals surface area contributed by atoms with Crippen molar-refractivity contribution in [3.05, 3.63) is 76.9 Å². The lowest BCUT2D eigenvalue weighted by Gasteiger charge is -2.14. The molecule has 0 saturated carbocycles. The third-order valence-corrected chi connectivity index (χ3v) is 5.25. The molecule has 0 fully saturated rings. The Kier molecular flexibility index (Phi) is 7.10. The smallest absolute Gasteiger partial charge is 0.234 e. The van der Waals surface area contributed by atoms with Gasteiger partial charge in [0.1, 0.15) is 65.3 Å². The highest BCUT2D eigenvalue weighted by molar-refractivity contribution is 5.82. The fraction of sp³-hybridized carbons (Fsp3) is 0.154. The Bertz CT molecular complexity index is 1470. The number of nitrogens with zero attached hydrogens (tertiary/aromatic N) is 4. The molecule has 0 aliphatic carbocycles. The number of rotatable bonds is 8. The molecular weight excluding hydrogens is 465 g/mol. The monoisotopic (exact) mass is 485 g/mol. The third kappa shape index (κ3) is 4.94. The van der Waals surface area contributed by atoms with Gasteiger partial charge in [0.2, 0.25) is 11.8 Å². The van der Waals surface area contributed by atoms with Crippen LogP contribution < -0.4 is 15.2 Å². The zero-order valence-electron chi connectivity index (χ0n) is 19.2. The van der Waals surface area contributed by atoms with Crippen LogP contribution in [0.25, 0.3) is 22.6 Å². The Balaban J connectivity index is 1.66. The zero-order valence-corrected chi connectivity index (χ0v) is 19.2. The summed E-state index contributed by atoms with van der Waals surface area (Å²) in [4.78, 5) is 8.55. The van der Waals surface area contributed by atoms with Gasteiger partial charge in [0.25, 0.3) is 0 Å². The molecule has 4 rings (SSSR count). The first kappa shape index (κ1) is 24.2. The van der Waals surface area contributed by atoms with Crippen LogP contribution in [-0.2, 0) is 6.61 Å². The summed E-state index contributed by atoms with van der Waals surface area (Å²) in [6.07, 6.45) is 0. The first-order valence-corrected chi connectivity index (χ1v) is 10.8. The van der Waals surface area contributed by atoms with Crippen molar-refractivity contribution in [2.24, 2.45) is 0 Å². The molecule has 36 heavy (non-hydrogen) atoms. The van der Waals surface area contributed by atoms with E-state index < -0.39 is 0 Å². The molecule has 0 atom stereocenters. The number of anilines is 1. The number of halogens is 1. The van der Waals surface area contributed by atoms with Gasteiger partial charge in [0, 0.05) is 11.1 Å². The van der Waals surface area contributed by atoms with E-state index in [0.717, 1.165) is 0 Å². The van der Waals surface area contributed by atoms with E-state index >= 15 is 0 Å². The summed E-state index contributed by atoms with van der Waals surface area (Å²) in [5.41, 5.74) is 7.98. The summed E-state index contributed by atoms with van der Waals surface area (Å²) in [6.45, 7) is 1.63. The van der Waals surface area contributed by atoms with Crippen molar-refractivity contribution < 1.29 is 23.4 Å². The maximum absolute atomic E-state index is 13.2. The minimum Gasteiger partial charge on any atom is -0.491 e. The average Bonchev–Trinajstić information content (AvgIpc) is 3.26. The molecule has 0 bridgehead atoms. The number of pyridine rings is 1. The summed E-state index contributed by atoms with van der Waals surface area (Å²) in [7, 11) is 0. The molecule has 0 saturated heterocycles. The number of aromatic nitrogens is 2. The van der Waals surface area contributed by atoms with Gasteiger partial charge in [0.05, 0.1) is 6.61 Å². The molecule has 180 valence electrons. The summed E-state index contributed by atoms with van der Waals surface area (Å²) in [5, 5.41) is 28.5. The number of aryl methyl sites for hydroxylation is 1. The fourth-order valence-corrected chi connectivity index (χ4v) is 3.49. The summed E-state index contributed by atoms with van der Waals surface area (Å²) in [5.74, 6) is 0.765. The number of nitrogen functional groups attached to an aromatic ring is 1. The van der Waals surface area contributed by atoms with Crippen molar-refractivity contribution in [3.63, 3.8) is 0 Å². The second-order valence-corrected chi connectivity index (χ2v) is 7.56. The lowest BCUT2D eigenvalue weighted by molar-refractivity contribution is 0.201. The largest absolute Gasteiger partial charge is 0.491 e. The van der Waals surface area contributed by atoms with E-state index in [9.17, 15) is 14.9 Å². The van der Waals surface area contributed by atoms with E-state index in [1.54, 1.807) is 43.3 Å². The van der Waals surface area contributed by atoms with E-state index in [1.165, 1.54) is 12.1 Å².